The first-order chi connectivity index (χ1) is 12.0. The van der Waals surface area contributed by atoms with Gasteiger partial charge in [-0.05, 0) is 36.8 Å². The third kappa shape index (κ3) is 2.78. The van der Waals surface area contributed by atoms with Crippen LogP contribution >= 0.6 is 11.6 Å². The molecule has 4 rings (SSSR count). The lowest BCUT2D eigenvalue weighted by Crippen LogP contribution is -2.51. The fourth-order valence-electron chi connectivity index (χ4n) is 4.01. The summed E-state index contributed by atoms with van der Waals surface area (Å²) in [7, 11) is 0. The highest BCUT2D eigenvalue weighted by Gasteiger charge is 2.53. The minimum atomic E-state index is -0.825. The molecule has 6 nitrogen and oxygen atoms in total. The number of imide groups is 1. The molecule has 4 amide bonds. The molecule has 2 N–H and O–H groups in total. The fraction of sp³-hybridized carbons (Fsp3) is 0.500. The largest absolute Gasteiger partial charge is 0.344 e. The van der Waals surface area contributed by atoms with Gasteiger partial charge in [-0.1, -0.05) is 49.1 Å². The molecule has 25 heavy (non-hydrogen) atoms. The average molecular weight is 362 g/mol. The summed E-state index contributed by atoms with van der Waals surface area (Å²) in [6.45, 7) is 0. The molecule has 1 aromatic carbocycles. The predicted octanol–water partition coefficient (Wildman–Crippen LogP) is 2.73. The maximum Gasteiger partial charge on any atom is 0.344 e. The van der Waals surface area contributed by atoms with Gasteiger partial charge in [-0.25, -0.2) is 4.79 Å². The van der Waals surface area contributed by atoms with Gasteiger partial charge in [0.05, 0.1) is 0 Å². The standard InChI is InChI=1S/C18H20ClN3O3/c19-14-7-3-2-6-11(14)12-10-13(12)15(23)21-22-16(24)18(20-17(22)25)8-4-1-5-9-18/h2-3,6-7,12-13H,1,4-5,8-10H2,(H,20,25)(H,21,23). The zero-order valence-electron chi connectivity index (χ0n) is 13.8. The number of nitrogens with one attached hydrogen (secondary N) is 2. The lowest BCUT2D eigenvalue weighted by Gasteiger charge is -2.30. The number of hydrazine groups is 1. The second-order valence-electron chi connectivity index (χ2n) is 7.16. The molecule has 0 bridgehead atoms. The summed E-state index contributed by atoms with van der Waals surface area (Å²) in [6, 6.07) is 6.91. The molecule has 1 heterocycles. The van der Waals surface area contributed by atoms with Crippen LogP contribution in [0.5, 0.6) is 0 Å². The van der Waals surface area contributed by atoms with Gasteiger partial charge in [-0.3, -0.25) is 15.0 Å². The van der Waals surface area contributed by atoms with Crippen LogP contribution < -0.4 is 10.7 Å². The van der Waals surface area contributed by atoms with Crippen LogP contribution in [-0.2, 0) is 9.59 Å². The quantitative estimate of drug-likeness (QED) is 0.812. The number of halogens is 1. The number of carbonyl (C=O) groups excluding carboxylic acids is 3. The molecule has 2 saturated carbocycles. The summed E-state index contributed by atoms with van der Waals surface area (Å²) in [5.41, 5.74) is 2.63. The Hall–Kier alpha value is -2.08. The molecule has 7 heteroatoms. The second kappa shape index (κ2) is 6.02. The van der Waals surface area contributed by atoms with E-state index in [4.69, 9.17) is 11.6 Å². The van der Waals surface area contributed by atoms with E-state index in [9.17, 15) is 14.4 Å². The van der Waals surface area contributed by atoms with E-state index in [0.717, 1.165) is 29.8 Å². The SMILES string of the molecule is O=C(NN1C(=O)NC2(CCCCC2)C1=O)C1CC1c1ccccc1Cl. The molecule has 2 atom stereocenters. The third-order valence-corrected chi connectivity index (χ3v) is 5.87. The Morgan fingerprint density at radius 1 is 1.20 bits per heavy atom. The normalized spacial score (nSPS) is 27.3. The van der Waals surface area contributed by atoms with Crippen molar-refractivity contribution in [3.8, 4) is 0 Å². The molecule has 1 aliphatic heterocycles. The number of nitrogens with zero attached hydrogens (tertiary/aromatic N) is 1. The van der Waals surface area contributed by atoms with Gasteiger partial charge in [0.25, 0.3) is 5.91 Å². The van der Waals surface area contributed by atoms with Crippen LogP contribution in [0.3, 0.4) is 0 Å². The zero-order valence-corrected chi connectivity index (χ0v) is 14.5. The number of rotatable bonds is 3. The average Bonchev–Trinajstić information content (AvgIpc) is 3.36. The summed E-state index contributed by atoms with van der Waals surface area (Å²) in [5.74, 6) is -0.858. The van der Waals surface area contributed by atoms with Crippen molar-refractivity contribution in [2.75, 3.05) is 0 Å². The molecule has 3 aliphatic rings. The van der Waals surface area contributed by atoms with E-state index in [-0.39, 0.29) is 23.7 Å². The van der Waals surface area contributed by atoms with Crippen molar-refractivity contribution in [2.24, 2.45) is 5.92 Å². The van der Waals surface area contributed by atoms with E-state index in [1.807, 2.05) is 18.2 Å². The van der Waals surface area contributed by atoms with Gasteiger partial charge in [0, 0.05) is 10.9 Å². The highest BCUT2D eigenvalue weighted by atomic mass is 35.5. The minimum absolute atomic E-state index is 0.0399. The maximum atomic E-state index is 12.7. The molecule has 1 saturated heterocycles. The Labute approximate surface area is 150 Å². The van der Waals surface area contributed by atoms with Crippen LogP contribution in [0, 0.1) is 5.92 Å². The fourth-order valence-corrected chi connectivity index (χ4v) is 4.29. The van der Waals surface area contributed by atoms with Gasteiger partial charge in [0.15, 0.2) is 0 Å². The summed E-state index contributed by atoms with van der Waals surface area (Å²) < 4.78 is 0. The summed E-state index contributed by atoms with van der Waals surface area (Å²) in [5, 5.41) is 4.30. The van der Waals surface area contributed by atoms with Crippen LogP contribution in [0.2, 0.25) is 5.02 Å². The summed E-state index contributed by atoms with van der Waals surface area (Å²) in [6.07, 6.45) is 4.82. The smallest absolute Gasteiger partial charge is 0.322 e. The highest BCUT2D eigenvalue weighted by molar-refractivity contribution is 6.31. The topological polar surface area (TPSA) is 78.5 Å². The van der Waals surface area contributed by atoms with Crippen molar-refractivity contribution >= 4 is 29.4 Å². The Bertz CT molecular complexity index is 745. The van der Waals surface area contributed by atoms with Gasteiger partial charge in [-0.15, -0.1) is 0 Å². The van der Waals surface area contributed by atoms with Gasteiger partial charge in [-0.2, -0.15) is 5.01 Å². The van der Waals surface area contributed by atoms with Crippen molar-refractivity contribution < 1.29 is 14.4 Å². The van der Waals surface area contributed by atoms with E-state index in [1.54, 1.807) is 6.07 Å². The highest BCUT2D eigenvalue weighted by Crippen LogP contribution is 2.49. The minimum Gasteiger partial charge on any atom is -0.322 e. The van der Waals surface area contributed by atoms with Crippen molar-refractivity contribution in [3.05, 3.63) is 34.9 Å². The molecule has 0 aromatic heterocycles. The van der Waals surface area contributed by atoms with Gasteiger partial charge < -0.3 is 5.32 Å². The van der Waals surface area contributed by atoms with Crippen molar-refractivity contribution in [3.63, 3.8) is 0 Å². The number of amides is 4. The number of benzene rings is 1. The molecule has 3 fully saturated rings. The number of carbonyl (C=O) groups is 3. The van der Waals surface area contributed by atoms with Crippen molar-refractivity contribution in [1.82, 2.24) is 15.8 Å². The molecule has 2 aliphatic carbocycles. The lowest BCUT2D eigenvalue weighted by molar-refractivity contribution is -0.140. The van der Waals surface area contributed by atoms with Crippen LogP contribution in [0.15, 0.2) is 24.3 Å². The van der Waals surface area contributed by atoms with Crippen LogP contribution in [0.25, 0.3) is 0 Å². The first-order valence-electron chi connectivity index (χ1n) is 8.73. The molecule has 0 radical (unpaired) electrons. The number of urea groups is 1. The van der Waals surface area contributed by atoms with Gasteiger partial charge in [0.2, 0.25) is 5.91 Å². The van der Waals surface area contributed by atoms with Crippen LogP contribution in [0.4, 0.5) is 4.79 Å². The molecule has 132 valence electrons. The molecule has 2 unspecified atom stereocenters. The number of hydrogen-bond donors (Lipinski definition) is 2. The van der Waals surface area contributed by atoms with Crippen LogP contribution in [0.1, 0.15) is 50.0 Å². The molecule has 1 spiro atoms. The molecular formula is C18H20ClN3O3. The summed E-state index contributed by atoms with van der Waals surface area (Å²) >= 11 is 6.18. The monoisotopic (exact) mass is 361 g/mol. The Morgan fingerprint density at radius 2 is 1.92 bits per heavy atom. The first kappa shape index (κ1) is 16.4. The van der Waals surface area contributed by atoms with Gasteiger partial charge in [0.1, 0.15) is 5.54 Å². The summed E-state index contributed by atoms with van der Waals surface area (Å²) in [4.78, 5) is 37.4. The lowest BCUT2D eigenvalue weighted by atomic mass is 9.82. The predicted molar refractivity (Wildman–Crippen MR) is 91.6 cm³/mol. The van der Waals surface area contributed by atoms with Crippen molar-refractivity contribution in [1.29, 1.82) is 0 Å². The Kier molecular flexibility index (Phi) is 3.95. The second-order valence-corrected chi connectivity index (χ2v) is 7.57. The van der Waals surface area contributed by atoms with E-state index in [1.165, 1.54) is 0 Å². The Balaban J connectivity index is 1.43. The maximum absolute atomic E-state index is 12.7. The third-order valence-electron chi connectivity index (χ3n) is 5.52. The van der Waals surface area contributed by atoms with Crippen molar-refractivity contribution in [2.45, 2.75) is 50.0 Å². The molecular weight excluding hydrogens is 342 g/mol. The number of hydrogen-bond acceptors (Lipinski definition) is 3. The Morgan fingerprint density at radius 3 is 2.64 bits per heavy atom. The van der Waals surface area contributed by atoms with Gasteiger partial charge >= 0.3 is 6.03 Å². The van der Waals surface area contributed by atoms with E-state index < -0.39 is 11.6 Å². The zero-order chi connectivity index (χ0) is 17.6. The van der Waals surface area contributed by atoms with E-state index in [0.29, 0.717) is 24.3 Å². The van der Waals surface area contributed by atoms with E-state index >= 15 is 0 Å². The van der Waals surface area contributed by atoms with Crippen LogP contribution in [-0.4, -0.2) is 28.4 Å². The first-order valence-corrected chi connectivity index (χ1v) is 9.11. The van der Waals surface area contributed by atoms with E-state index in [2.05, 4.69) is 10.7 Å². The molecule has 1 aromatic rings.